The summed E-state index contributed by atoms with van der Waals surface area (Å²) in [4.78, 5) is 18.5. The molecule has 9 aromatic carbocycles. The molecule has 2 aliphatic carbocycles. The van der Waals surface area contributed by atoms with E-state index in [1.165, 1.54) is 27.8 Å². The van der Waals surface area contributed by atoms with Crippen LogP contribution in [0.15, 0.2) is 241 Å². The van der Waals surface area contributed by atoms with Gasteiger partial charge in [-0.15, -0.1) is 0 Å². The molecule has 3 heterocycles. The summed E-state index contributed by atoms with van der Waals surface area (Å²) in [6.45, 7) is 0. The van der Waals surface area contributed by atoms with Crippen LogP contribution in [0.4, 0.5) is 17.1 Å². The van der Waals surface area contributed by atoms with E-state index >= 15 is 0 Å². The molecule has 0 amide bonds. The van der Waals surface area contributed by atoms with Gasteiger partial charge >= 0.3 is 0 Å². The minimum absolute atomic E-state index is 0.344. The monoisotopic (exact) mass is 882 g/mol. The molecule has 0 bridgehead atoms. The van der Waals surface area contributed by atoms with Gasteiger partial charge in [0.05, 0.1) is 16.8 Å². The van der Waals surface area contributed by atoms with Crippen LogP contribution in [-0.2, 0) is 5.41 Å². The molecule has 69 heavy (non-hydrogen) atoms. The van der Waals surface area contributed by atoms with Gasteiger partial charge in [0.1, 0.15) is 11.2 Å². The van der Waals surface area contributed by atoms with Crippen molar-refractivity contribution in [1.82, 2.24) is 15.0 Å². The number of anilines is 3. The zero-order valence-corrected chi connectivity index (χ0v) is 37.5. The van der Waals surface area contributed by atoms with Gasteiger partial charge in [0.25, 0.3) is 0 Å². The molecule has 0 N–H and O–H groups in total. The van der Waals surface area contributed by atoms with Gasteiger partial charge in [-0.2, -0.15) is 0 Å². The fraction of sp³-hybridized carbons (Fsp3) is 0.0469. The first-order chi connectivity index (χ1) is 34.2. The zero-order valence-electron chi connectivity index (χ0n) is 37.5. The lowest BCUT2D eigenvalue weighted by atomic mass is 9.64. The quantitative estimate of drug-likeness (QED) is 0.167. The predicted molar refractivity (Wildman–Crippen MR) is 280 cm³/mol. The Morgan fingerprint density at radius 2 is 1.06 bits per heavy atom. The van der Waals surface area contributed by atoms with Crippen molar-refractivity contribution in [1.29, 1.82) is 0 Å². The number of benzene rings is 9. The number of fused-ring (bicyclic) bond motifs is 12. The van der Waals surface area contributed by atoms with Gasteiger partial charge < -0.3 is 9.32 Å². The minimum atomic E-state index is -0.692. The van der Waals surface area contributed by atoms with E-state index in [1.807, 2.05) is 24.3 Å². The highest BCUT2D eigenvalue weighted by atomic mass is 16.3. The maximum Gasteiger partial charge on any atom is 0.164 e. The van der Waals surface area contributed by atoms with Gasteiger partial charge in [-0.05, 0) is 99.0 Å². The van der Waals surface area contributed by atoms with E-state index in [1.54, 1.807) is 0 Å². The van der Waals surface area contributed by atoms with Gasteiger partial charge in [-0.3, -0.25) is 0 Å². The zero-order chi connectivity index (χ0) is 45.5. The molecule has 1 aliphatic heterocycles. The molecular formula is C64H42N4O. The first kappa shape index (κ1) is 39.3. The van der Waals surface area contributed by atoms with Crippen LogP contribution < -0.4 is 4.90 Å². The topological polar surface area (TPSA) is 55.1 Å². The van der Waals surface area contributed by atoms with Crippen molar-refractivity contribution in [2.24, 2.45) is 0 Å². The number of nitrogens with zero attached hydrogens (tertiary/aromatic N) is 4. The number of hydrogen-bond acceptors (Lipinski definition) is 5. The van der Waals surface area contributed by atoms with Gasteiger partial charge in [0.2, 0.25) is 0 Å². The Morgan fingerprint density at radius 1 is 0.449 bits per heavy atom. The molecule has 2 aromatic heterocycles. The highest BCUT2D eigenvalue weighted by Crippen LogP contribution is 2.65. The third kappa shape index (κ3) is 6.00. The molecule has 3 aliphatic rings. The average molecular weight is 883 g/mol. The number of rotatable bonds is 6. The summed E-state index contributed by atoms with van der Waals surface area (Å²) in [6, 6.07) is 76.3. The van der Waals surface area contributed by atoms with Crippen molar-refractivity contribution in [3.63, 3.8) is 0 Å². The first-order valence-corrected chi connectivity index (χ1v) is 23.7. The lowest BCUT2D eigenvalue weighted by Gasteiger charge is -2.45. The summed E-state index contributed by atoms with van der Waals surface area (Å²) in [5.41, 5.74) is 17.9. The Bertz CT molecular complexity index is 3840. The highest BCUT2D eigenvalue weighted by Gasteiger charge is 2.52. The van der Waals surface area contributed by atoms with Crippen LogP contribution in [0, 0.1) is 0 Å². The summed E-state index contributed by atoms with van der Waals surface area (Å²) in [6.07, 6.45) is 9.75. The van der Waals surface area contributed by atoms with Crippen molar-refractivity contribution >= 4 is 39.0 Å². The van der Waals surface area contributed by atoms with Crippen molar-refractivity contribution in [3.05, 3.63) is 264 Å². The number of allylic oxidation sites excluding steroid dienone is 4. The first-order valence-electron chi connectivity index (χ1n) is 23.7. The van der Waals surface area contributed by atoms with Crippen LogP contribution in [0.2, 0.25) is 0 Å². The summed E-state index contributed by atoms with van der Waals surface area (Å²) < 4.78 is 6.45. The van der Waals surface area contributed by atoms with Crippen LogP contribution >= 0.6 is 0 Å². The van der Waals surface area contributed by atoms with Gasteiger partial charge in [-0.25, -0.2) is 15.0 Å². The maximum atomic E-state index is 6.45. The molecule has 0 saturated heterocycles. The Morgan fingerprint density at radius 3 is 1.81 bits per heavy atom. The molecule has 0 radical (unpaired) electrons. The van der Waals surface area contributed by atoms with Crippen LogP contribution in [-0.4, -0.2) is 15.0 Å². The van der Waals surface area contributed by atoms with Crippen LogP contribution in [0.5, 0.6) is 0 Å². The highest BCUT2D eigenvalue weighted by molar-refractivity contribution is 6.13. The Balaban J connectivity index is 1.05. The van der Waals surface area contributed by atoms with Gasteiger partial charge in [-0.1, -0.05) is 194 Å². The second kappa shape index (κ2) is 15.6. The molecule has 5 heteroatoms. The van der Waals surface area contributed by atoms with Crippen molar-refractivity contribution in [2.75, 3.05) is 4.90 Å². The standard InChI is InChI=1S/C64H42N4O/c1-4-18-41(19-5-1)42-34-36-44(37-35-42)62-65-61(43-20-6-2-7-21-43)66-63(67-62)49-26-16-29-54-59(49)50-40-45(47-25-17-33-58-60(47)48-24-10-15-32-57(48)69-58)38-39-51(50)64(54)52-27-11-13-30-55(52)68(46-22-8-3-9-23-46)56-31-14-12-28-53(56)64/h1-18,20-41H,19H2. The van der Waals surface area contributed by atoms with E-state index in [9.17, 15) is 0 Å². The summed E-state index contributed by atoms with van der Waals surface area (Å²) >= 11 is 0. The Hall–Kier alpha value is -8.93. The smallest absolute Gasteiger partial charge is 0.164 e. The molecule has 1 atom stereocenters. The molecule has 5 nitrogen and oxygen atoms in total. The second-order valence-electron chi connectivity index (χ2n) is 18.2. The molecular weight excluding hydrogens is 841 g/mol. The summed E-state index contributed by atoms with van der Waals surface area (Å²) in [5, 5.41) is 2.21. The minimum Gasteiger partial charge on any atom is -0.456 e. The summed E-state index contributed by atoms with van der Waals surface area (Å²) in [7, 11) is 0. The molecule has 1 spiro atoms. The Labute approximate surface area is 400 Å². The normalized spacial score (nSPS) is 15.0. The van der Waals surface area contributed by atoms with E-state index < -0.39 is 5.41 Å². The van der Waals surface area contributed by atoms with Crippen molar-refractivity contribution in [3.8, 4) is 56.4 Å². The molecule has 14 rings (SSSR count). The number of furan rings is 1. The predicted octanol–water partition coefficient (Wildman–Crippen LogP) is 16.2. The lowest BCUT2D eigenvalue weighted by molar-refractivity contribution is 0.669. The largest absolute Gasteiger partial charge is 0.456 e. The van der Waals surface area contributed by atoms with Gasteiger partial charge in [0, 0.05) is 39.1 Å². The lowest BCUT2D eigenvalue weighted by Crippen LogP contribution is -2.36. The second-order valence-corrected chi connectivity index (χ2v) is 18.2. The summed E-state index contributed by atoms with van der Waals surface area (Å²) in [5.74, 6) is 2.23. The van der Waals surface area contributed by atoms with Crippen LogP contribution in [0.1, 0.15) is 40.2 Å². The SMILES string of the molecule is C1=CCC(c2ccc(-c3nc(-c4ccccc4)nc(-c4cccc5c4-c4cc(-c6cccc7oc8ccccc8c67)ccc4C54c5ccccc5N(c5ccccc5)c5ccccc54)n3)cc2)C=C1. The van der Waals surface area contributed by atoms with E-state index in [-0.39, 0.29) is 0 Å². The van der Waals surface area contributed by atoms with Crippen molar-refractivity contribution < 1.29 is 4.42 Å². The van der Waals surface area contributed by atoms with E-state index in [2.05, 4.69) is 217 Å². The van der Waals surface area contributed by atoms with Crippen LogP contribution in [0.3, 0.4) is 0 Å². The average Bonchev–Trinajstić information content (AvgIpc) is 3.96. The third-order valence-corrected chi connectivity index (χ3v) is 14.5. The number of hydrogen-bond donors (Lipinski definition) is 0. The molecule has 11 aromatic rings. The van der Waals surface area contributed by atoms with E-state index in [0.29, 0.717) is 23.4 Å². The molecule has 324 valence electrons. The fourth-order valence-electron chi connectivity index (χ4n) is 11.5. The van der Waals surface area contributed by atoms with Gasteiger partial charge in [0.15, 0.2) is 17.5 Å². The van der Waals surface area contributed by atoms with Crippen molar-refractivity contribution in [2.45, 2.75) is 17.8 Å². The molecule has 1 unspecified atom stereocenters. The number of aromatic nitrogens is 3. The Kier molecular flexibility index (Phi) is 8.86. The molecule has 0 fully saturated rings. The van der Waals surface area contributed by atoms with Crippen LogP contribution in [0.25, 0.3) is 78.4 Å². The third-order valence-electron chi connectivity index (χ3n) is 14.5. The van der Waals surface area contributed by atoms with E-state index in [4.69, 9.17) is 19.4 Å². The molecule has 0 saturated carbocycles. The number of para-hydroxylation sites is 4. The fourth-order valence-corrected chi connectivity index (χ4v) is 11.5. The van der Waals surface area contributed by atoms with E-state index in [0.717, 1.165) is 84.4 Å². The maximum absolute atomic E-state index is 6.45.